The summed E-state index contributed by atoms with van der Waals surface area (Å²) in [5, 5.41) is 4.46. The van der Waals surface area contributed by atoms with Gasteiger partial charge < -0.3 is 19.5 Å². The van der Waals surface area contributed by atoms with Crippen LogP contribution in [0.25, 0.3) is 0 Å². The highest BCUT2D eigenvalue weighted by Gasteiger charge is 2.14. The number of nitrogens with zero attached hydrogens (tertiary/aromatic N) is 1. The van der Waals surface area contributed by atoms with Crippen LogP contribution in [0.15, 0.2) is 59.2 Å². The van der Waals surface area contributed by atoms with Crippen LogP contribution in [0.4, 0.5) is 0 Å². The van der Waals surface area contributed by atoms with E-state index < -0.39 is 0 Å². The van der Waals surface area contributed by atoms with Gasteiger partial charge in [-0.05, 0) is 51.8 Å². The summed E-state index contributed by atoms with van der Waals surface area (Å²) >= 11 is 16.0. The fraction of sp³-hybridized carbons (Fsp3) is 0.227. The maximum absolute atomic E-state index is 6.23. The van der Waals surface area contributed by atoms with Crippen molar-refractivity contribution in [3.63, 3.8) is 0 Å². The van der Waals surface area contributed by atoms with Crippen LogP contribution in [0.1, 0.15) is 11.1 Å². The first-order chi connectivity index (χ1) is 14.6. The molecule has 158 valence electrons. The van der Waals surface area contributed by atoms with Crippen molar-refractivity contribution in [1.29, 1.82) is 0 Å². The van der Waals surface area contributed by atoms with Crippen LogP contribution in [0, 0.1) is 0 Å². The molecule has 3 aromatic rings. The molecule has 0 aliphatic carbocycles. The largest absolute Gasteiger partial charge is 0.493 e. The van der Waals surface area contributed by atoms with Crippen molar-refractivity contribution in [3.05, 3.63) is 80.4 Å². The fourth-order valence-corrected chi connectivity index (χ4v) is 3.83. The van der Waals surface area contributed by atoms with E-state index in [4.69, 9.17) is 37.4 Å². The number of methoxy groups -OCH3 is 1. The smallest absolute Gasteiger partial charge is 0.213 e. The number of hydrogen-bond acceptors (Lipinski definition) is 5. The van der Waals surface area contributed by atoms with Crippen molar-refractivity contribution in [2.24, 2.45) is 0 Å². The van der Waals surface area contributed by atoms with Crippen molar-refractivity contribution < 1.29 is 14.2 Å². The summed E-state index contributed by atoms with van der Waals surface area (Å²) in [6.45, 7) is 2.09. The molecule has 0 aliphatic heterocycles. The van der Waals surface area contributed by atoms with Crippen molar-refractivity contribution >= 4 is 39.1 Å². The zero-order valence-corrected chi connectivity index (χ0v) is 19.4. The third kappa shape index (κ3) is 6.25. The molecule has 30 heavy (non-hydrogen) atoms. The number of pyridine rings is 1. The van der Waals surface area contributed by atoms with Crippen molar-refractivity contribution in [1.82, 2.24) is 10.3 Å². The van der Waals surface area contributed by atoms with Crippen LogP contribution in [0.5, 0.6) is 17.4 Å². The fourth-order valence-electron chi connectivity index (χ4n) is 2.72. The minimum Gasteiger partial charge on any atom is -0.493 e. The number of aromatic nitrogens is 1. The Morgan fingerprint density at radius 1 is 1.03 bits per heavy atom. The van der Waals surface area contributed by atoms with Crippen LogP contribution < -0.4 is 19.5 Å². The number of ether oxygens (including phenoxy) is 3. The molecule has 0 radical (unpaired) electrons. The number of halogens is 3. The van der Waals surface area contributed by atoms with Gasteiger partial charge in [0.25, 0.3) is 0 Å². The highest BCUT2D eigenvalue weighted by Crippen LogP contribution is 2.38. The maximum Gasteiger partial charge on any atom is 0.213 e. The average molecular weight is 512 g/mol. The van der Waals surface area contributed by atoms with E-state index in [1.165, 1.54) is 0 Å². The summed E-state index contributed by atoms with van der Waals surface area (Å²) in [6, 6.07) is 14.9. The lowest BCUT2D eigenvalue weighted by molar-refractivity contribution is 0.282. The summed E-state index contributed by atoms with van der Waals surface area (Å²) in [5.41, 5.74) is 1.77. The Balaban J connectivity index is 1.57. The van der Waals surface area contributed by atoms with Gasteiger partial charge in [0.2, 0.25) is 5.88 Å². The Morgan fingerprint density at radius 2 is 1.83 bits per heavy atom. The Morgan fingerprint density at radius 3 is 2.53 bits per heavy atom. The van der Waals surface area contributed by atoms with Gasteiger partial charge in [0.05, 0.1) is 11.6 Å². The minimum absolute atomic E-state index is 0.232. The van der Waals surface area contributed by atoms with Gasteiger partial charge in [-0.1, -0.05) is 35.3 Å². The van der Waals surface area contributed by atoms with Gasteiger partial charge >= 0.3 is 0 Å². The second-order valence-electron chi connectivity index (χ2n) is 6.29. The molecule has 0 saturated carbocycles. The number of nitrogens with one attached hydrogen (secondary N) is 1. The standard InChI is InChI=1S/C22H21BrCl2N2O3/c1-28-20-12-15(13-26-9-10-29-21-7-2-3-8-27-21)11-17(23)22(20)30-14-16-18(24)5-4-6-19(16)25/h2-8,11-12,26H,9-10,13-14H2,1H3. The van der Waals surface area contributed by atoms with Crippen LogP contribution in [0.2, 0.25) is 10.0 Å². The molecule has 0 amide bonds. The van der Waals surface area contributed by atoms with E-state index >= 15 is 0 Å². The van der Waals surface area contributed by atoms with E-state index in [2.05, 4.69) is 26.2 Å². The quantitative estimate of drug-likeness (QED) is 0.343. The Hall–Kier alpha value is -1.99. The van der Waals surface area contributed by atoms with Gasteiger partial charge in [0.15, 0.2) is 11.5 Å². The van der Waals surface area contributed by atoms with Crippen LogP contribution in [-0.2, 0) is 13.2 Å². The number of hydrogen-bond donors (Lipinski definition) is 1. The van der Waals surface area contributed by atoms with Gasteiger partial charge in [-0.25, -0.2) is 4.98 Å². The Labute approximate surface area is 194 Å². The molecule has 2 aromatic carbocycles. The zero-order chi connectivity index (χ0) is 21.3. The van der Waals surface area contributed by atoms with Crippen LogP contribution in [-0.4, -0.2) is 25.2 Å². The highest BCUT2D eigenvalue weighted by molar-refractivity contribution is 9.10. The Kier molecular flexibility index (Phi) is 8.63. The third-order valence-electron chi connectivity index (χ3n) is 4.21. The lowest BCUT2D eigenvalue weighted by atomic mass is 10.2. The first-order valence-corrected chi connectivity index (χ1v) is 10.8. The molecule has 0 fully saturated rings. The second-order valence-corrected chi connectivity index (χ2v) is 7.96. The molecule has 3 rings (SSSR count). The van der Waals surface area contributed by atoms with Gasteiger partial charge in [-0.15, -0.1) is 0 Å². The molecule has 0 spiro atoms. The third-order valence-corrected chi connectivity index (χ3v) is 5.50. The highest BCUT2D eigenvalue weighted by atomic mass is 79.9. The van der Waals surface area contributed by atoms with Crippen molar-refractivity contribution in [2.75, 3.05) is 20.3 Å². The molecular weight excluding hydrogens is 491 g/mol. The normalized spacial score (nSPS) is 10.7. The molecule has 5 nitrogen and oxygen atoms in total. The number of rotatable bonds is 10. The van der Waals surface area contributed by atoms with E-state index in [-0.39, 0.29) is 6.61 Å². The summed E-state index contributed by atoms with van der Waals surface area (Å²) in [7, 11) is 1.61. The van der Waals surface area contributed by atoms with E-state index in [0.29, 0.717) is 47.1 Å². The van der Waals surface area contributed by atoms with Crippen LogP contribution in [0.3, 0.4) is 0 Å². The van der Waals surface area contributed by atoms with E-state index in [0.717, 1.165) is 15.6 Å². The topological polar surface area (TPSA) is 52.6 Å². The van der Waals surface area contributed by atoms with Crippen LogP contribution >= 0.6 is 39.1 Å². The second kappa shape index (κ2) is 11.4. The maximum atomic E-state index is 6.23. The summed E-state index contributed by atoms with van der Waals surface area (Å²) in [5.74, 6) is 1.83. The van der Waals surface area contributed by atoms with E-state index in [1.807, 2.05) is 30.3 Å². The molecule has 0 aliphatic rings. The summed E-state index contributed by atoms with van der Waals surface area (Å²) < 4.78 is 17.8. The lowest BCUT2D eigenvalue weighted by Crippen LogP contribution is -2.20. The average Bonchev–Trinajstić information content (AvgIpc) is 2.74. The molecule has 0 saturated heterocycles. The molecule has 1 aromatic heterocycles. The minimum atomic E-state index is 0.232. The first kappa shape index (κ1) is 22.7. The SMILES string of the molecule is COc1cc(CNCCOc2ccccn2)cc(Br)c1OCc1c(Cl)cccc1Cl. The van der Waals surface area contributed by atoms with E-state index in [1.54, 1.807) is 31.5 Å². The van der Waals surface area contributed by atoms with Crippen molar-refractivity contribution in [2.45, 2.75) is 13.2 Å². The summed E-state index contributed by atoms with van der Waals surface area (Å²) in [6.07, 6.45) is 1.70. The van der Waals surface area contributed by atoms with Gasteiger partial charge in [-0.2, -0.15) is 0 Å². The molecular formula is C22H21BrCl2N2O3. The first-order valence-electron chi connectivity index (χ1n) is 9.25. The predicted octanol–water partition coefficient (Wildman–Crippen LogP) is 5.91. The zero-order valence-electron chi connectivity index (χ0n) is 16.3. The lowest BCUT2D eigenvalue weighted by Gasteiger charge is -2.16. The molecule has 0 unspecified atom stereocenters. The Bertz CT molecular complexity index is 954. The van der Waals surface area contributed by atoms with Gasteiger partial charge in [0.1, 0.15) is 13.2 Å². The molecule has 1 N–H and O–H groups in total. The predicted molar refractivity (Wildman–Crippen MR) is 123 cm³/mol. The summed E-state index contributed by atoms with van der Waals surface area (Å²) in [4.78, 5) is 4.13. The number of benzene rings is 2. The van der Waals surface area contributed by atoms with Gasteiger partial charge in [0, 0.05) is 41.0 Å². The van der Waals surface area contributed by atoms with Crippen molar-refractivity contribution in [3.8, 4) is 17.4 Å². The molecule has 0 bridgehead atoms. The molecule has 8 heteroatoms. The molecule has 0 atom stereocenters. The monoisotopic (exact) mass is 510 g/mol. The van der Waals surface area contributed by atoms with E-state index in [9.17, 15) is 0 Å². The van der Waals surface area contributed by atoms with Gasteiger partial charge in [-0.3, -0.25) is 0 Å². The molecule has 1 heterocycles.